The summed E-state index contributed by atoms with van der Waals surface area (Å²) in [5.41, 5.74) is 4.20. The minimum absolute atomic E-state index is 0.1000. The number of alkyl halides is 3. The molecule has 0 radical (unpaired) electrons. The lowest BCUT2D eigenvalue weighted by atomic mass is 10.2. The van der Waals surface area contributed by atoms with E-state index in [1.54, 1.807) is 4.90 Å². The lowest BCUT2D eigenvalue weighted by Crippen LogP contribution is -2.44. The number of amides is 2. The van der Waals surface area contributed by atoms with E-state index in [1.165, 1.54) is 0 Å². The lowest BCUT2D eigenvalue weighted by Gasteiger charge is -2.20. The van der Waals surface area contributed by atoms with E-state index in [0.29, 0.717) is 19.5 Å². The molecule has 1 saturated heterocycles. The highest BCUT2D eigenvalue weighted by molar-refractivity contribution is 6.33. The lowest BCUT2D eigenvalue weighted by molar-refractivity contribution is -0.137. The summed E-state index contributed by atoms with van der Waals surface area (Å²) in [5, 5.41) is 4.97. The van der Waals surface area contributed by atoms with Crippen molar-refractivity contribution in [1.29, 1.82) is 0 Å². The Labute approximate surface area is 146 Å². The van der Waals surface area contributed by atoms with Gasteiger partial charge in [0, 0.05) is 25.3 Å². The van der Waals surface area contributed by atoms with Crippen molar-refractivity contribution in [3.63, 3.8) is 0 Å². The molecule has 0 saturated carbocycles. The molecule has 0 aliphatic carbocycles. The number of hydrogen-bond donors (Lipinski definition) is 3. The molecular weight excluding hydrogens is 363 g/mol. The third-order valence-corrected chi connectivity index (χ3v) is 3.91. The number of aromatic nitrogens is 1. The second-order valence-electron chi connectivity index (χ2n) is 5.51. The summed E-state index contributed by atoms with van der Waals surface area (Å²) >= 11 is 5.92. The summed E-state index contributed by atoms with van der Waals surface area (Å²) in [4.78, 5) is 28.2. The van der Waals surface area contributed by atoms with Gasteiger partial charge < -0.3 is 21.3 Å². The van der Waals surface area contributed by atoms with Gasteiger partial charge >= 0.3 is 6.18 Å². The number of rotatable bonds is 5. The highest BCUT2D eigenvalue weighted by Gasteiger charge is 2.33. The van der Waals surface area contributed by atoms with Crippen LogP contribution in [0.3, 0.4) is 0 Å². The molecule has 11 heteroatoms. The first-order chi connectivity index (χ1) is 11.7. The van der Waals surface area contributed by atoms with Crippen LogP contribution in [0.4, 0.5) is 19.0 Å². The fraction of sp³-hybridized carbons (Fsp3) is 0.500. The van der Waals surface area contributed by atoms with E-state index < -0.39 is 17.6 Å². The molecule has 2 amide bonds. The number of nitrogens with two attached hydrogens (primary N) is 1. The average molecular weight is 380 g/mol. The predicted molar refractivity (Wildman–Crippen MR) is 85.1 cm³/mol. The van der Waals surface area contributed by atoms with Gasteiger partial charge in [-0.2, -0.15) is 13.2 Å². The van der Waals surface area contributed by atoms with Crippen LogP contribution in [-0.4, -0.2) is 49.0 Å². The highest BCUT2D eigenvalue weighted by Crippen LogP contribution is 2.34. The van der Waals surface area contributed by atoms with E-state index >= 15 is 0 Å². The van der Waals surface area contributed by atoms with Gasteiger partial charge in [-0.1, -0.05) is 11.6 Å². The van der Waals surface area contributed by atoms with Crippen LogP contribution < -0.4 is 21.3 Å². The Bertz CT molecular complexity index is 656. The van der Waals surface area contributed by atoms with Crippen molar-refractivity contribution in [1.82, 2.24) is 15.6 Å². The highest BCUT2D eigenvalue weighted by atomic mass is 35.5. The van der Waals surface area contributed by atoms with Crippen molar-refractivity contribution < 1.29 is 22.8 Å². The summed E-state index contributed by atoms with van der Waals surface area (Å²) in [6, 6.07) is 0.612. The average Bonchev–Trinajstić information content (AvgIpc) is 2.99. The standard InChI is InChI=1S/C14H17ClF3N5O2/c15-10-3-8(14(16,17)18)5-21-13(10)23-2-1-9(7-23)22-12(25)6-20-11(24)4-19/h3,5,9H,1-2,4,6-7,19H2,(H,20,24)(H,22,25). The number of hydrogen-bond acceptors (Lipinski definition) is 5. The predicted octanol–water partition coefficient (Wildman–Crippen LogP) is 0.524. The van der Waals surface area contributed by atoms with Crippen molar-refractivity contribution in [3.05, 3.63) is 22.8 Å². The van der Waals surface area contributed by atoms with Gasteiger partial charge in [0.05, 0.1) is 23.7 Å². The zero-order valence-corrected chi connectivity index (χ0v) is 13.8. The van der Waals surface area contributed by atoms with Crippen LogP contribution in [0.1, 0.15) is 12.0 Å². The summed E-state index contributed by atoms with van der Waals surface area (Å²) in [7, 11) is 0. The summed E-state index contributed by atoms with van der Waals surface area (Å²) in [6.45, 7) is 0.446. The van der Waals surface area contributed by atoms with Crippen LogP contribution in [0.2, 0.25) is 5.02 Å². The molecule has 1 aromatic heterocycles. The summed E-state index contributed by atoms with van der Waals surface area (Å²) in [6.07, 6.45) is -3.20. The van der Waals surface area contributed by atoms with E-state index in [9.17, 15) is 22.8 Å². The topological polar surface area (TPSA) is 100 Å². The van der Waals surface area contributed by atoms with Crippen LogP contribution >= 0.6 is 11.6 Å². The number of pyridine rings is 1. The molecule has 2 rings (SSSR count). The van der Waals surface area contributed by atoms with Crippen molar-refractivity contribution >= 4 is 29.2 Å². The number of nitrogens with zero attached hydrogens (tertiary/aromatic N) is 2. The van der Waals surface area contributed by atoms with Crippen LogP contribution in [0.15, 0.2) is 12.3 Å². The van der Waals surface area contributed by atoms with Gasteiger partial charge in [-0.3, -0.25) is 9.59 Å². The molecule has 1 aromatic rings. The first-order valence-electron chi connectivity index (χ1n) is 7.44. The molecule has 0 bridgehead atoms. The fourth-order valence-electron chi connectivity index (χ4n) is 2.42. The molecule has 138 valence electrons. The van der Waals surface area contributed by atoms with Crippen LogP contribution in [0, 0.1) is 0 Å². The quantitative estimate of drug-likeness (QED) is 0.692. The number of carbonyl (C=O) groups is 2. The SMILES string of the molecule is NCC(=O)NCC(=O)NC1CCN(c2ncc(C(F)(F)F)cc2Cl)C1. The van der Waals surface area contributed by atoms with Crippen molar-refractivity contribution in [2.24, 2.45) is 5.73 Å². The molecule has 0 aromatic carbocycles. The van der Waals surface area contributed by atoms with Gasteiger partial charge in [-0.25, -0.2) is 4.98 Å². The third-order valence-electron chi connectivity index (χ3n) is 3.63. The molecule has 1 aliphatic heterocycles. The van der Waals surface area contributed by atoms with E-state index in [0.717, 1.165) is 12.3 Å². The molecule has 1 aliphatic rings. The Balaban J connectivity index is 1.92. The Morgan fingerprint density at radius 2 is 2.12 bits per heavy atom. The van der Waals surface area contributed by atoms with E-state index in [1.807, 2.05) is 0 Å². The summed E-state index contributed by atoms with van der Waals surface area (Å²) in [5.74, 6) is -0.577. The zero-order chi connectivity index (χ0) is 18.6. The number of halogens is 4. The van der Waals surface area contributed by atoms with Gasteiger partial charge in [-0.15, -0.1) is 0 Å². The van der Waals surface area contributed by atoms with Gasteiger partial charge in [0.25, 0.3) is 0 Å². The van der Waals surface area contributed by atoms with Crippen LogP contribution in [0.5, 0.6) is 0 Å². The minimum atomic E-state index is -4.51. The van der Waals surface area contributed by atoms with Gasteiger partial charge in [0.1, 0.15) is 5.82 Å². The molecule has 1 atom stereocenters. The largest absolute Gasteiger partial charge is 0.417 e. The maximum atomic E-state index is 12.6. The van der Waals surface area contributed by atoms with E-state index in [-0.39, 0.29) is 35.9 Å². The monoisotopic (exact) mass is 379 g/mol. The molecule has 1 fully saturated rings. The molecule has 7 nitrogen and oxygen atoms in total. The Morgan fingerprint density at radius 3 is 2.72 bits per heavy atom. The zero-order valence-electron chi connectivity index (χ0n) is 13.1. The molecule has 25 heavy (non-hydrogen) atoms. The minimum Gasteiger partial charge on any atom is -0.353 e. The number of nitrogens with one attached hydrogen (secondary N) is 2. The maximum absolute atomic E-state index is 12.6. The van der Waals surface area contributed by atoms with Crippen molar-refractivity contribution in [2.45, 2.75) is 18.6 Å². The Kier molecular flexibility index (Phi) is 6.07. The third kappa shape index (κ3) is 5.20. The normalized spacial score (nSPS) is 17.5. The van der Waals surface area contributed by atoms with E-state index in [2.05, 4.69) is 15.6 Å². The van der Waals surface area contributed by atoms with Crippen molar-refractivity contribution in [3.8, 4) is 0 Å². The molecular formula is C14H17ClF3N5O2. The maximum Gasteiger partial charge on any atom is 0.417 e. The van der Waals surface area contributed by atoms with Crippen molar-refractivity contribution in [2.75, 3.05) is 31.1 Å². The van der Waals surface area contributed by atoms with Gasteiger partial charge in [0.15, 0.2) is 0 Å². The molecule has 0 spiro atoms. The van der Waals surface area contributed by atoms with Crippen LogP contribution in [0.25, 0.3) is 0 Å². The smallest absolute Gasteiger partial charge is 0.353 e. The van der Waals surface area contributed by atoms with E-state index in [4.69, 9.17) is 17.3 Å². The molecule has 2 heterocycles. The Hall–Kier alpha value is -2.07. The van der Waals surface area contributed by atoms with Crippen LogP contribution in [-0.2, 0) is 15.8 Å². The second kappa shape index (κ2) is 7.87. The van der Waals surface area contributed by atoms with Gasteiger partial charge in [-0.05, 0) is 12.5 Å². The first kappa shape index (κ1) is 19.3. The summed E-state index contributed by atoms with van der Waals surface area (Å²) < 4.78 is 37.9. The fourth-order valence-corrected chi connectivity index (χ4v) is 2.70. The first-order valence-corrected chi connectivity index (χ1v) is 7.82. The second-order valence-corrected chi connectivity index (χ2v) is 5.91. The number of anilines is 1. The molecule has 1 unspecified atom stereocenters. The number of carbonyl (C=O) groups excluding carboxylic acids is 2. The van der Waals surface area contributed by atoms with Gasteiger partial charge in [0.2, 0.25) is 11.8 Å². The Morgan fingerprint density at radius 1 is 1.40 bits per heavy atom. The molecule has 4 N–H and O–H groups in total.